The van der Waals surface area contributed by atoms with E-state index < -0.39 is 29.4 Å². The third kappa shape index (κ3) is 5.21. The Labute approximate surface area is 287 Å². The summed E-state index contributed by atoms with van der Waals surface area (Å²) < 4.78 is 59.8. The van der Waals surface area contributed by atoms with Crippen LogP contribution < -0.4 is 20.1 Å². The number of benzene rings is 2. The minimum absolute atomic E-state index is 0.0787. The number of anilines is 2. The zero-order valence-electron chi connectivity index (χ0n) is 28.1. The van der Waals surface area contributed by atoms with Gasteiger partial charge in [0.05, 0.1) is 18.1 Å². The molecule has 4 atom stereocenters. The number of alkyl halides is 1. The molecule has 0 radical (unpaired) electrons. The van der Waals surface area contributed by atoms with Crippen molar-refractivity contribution >= 4 is 33.3 Å². The smallest absolute Gasteiger partial charge is 0.319 e. The molecule has 0 spiro atoms. The molecular weight excluding hydrogens is 647 g/mol. The van der Waals surface area contributed by atoms with Gasteiger partial charge in [-0.3, -0.25) is 4.90 Å². The molecule has 50 heavy (non-hydrogen) atoms. The highest BCUT2D eigenvalue weighted by Gasteiger charge is 2.49. The van der Waals surface area contributed by atoms with Gasteiger partial charge in [-0.2, -0.15) is 9.97 Å². The lowest BCUT2D eigenvalue weighted by atomic mass is 9.94. The fraction of sp³-hybridized carbons (Fsp3) is 0.405. The number of halogens is 3. The summed E-state index contributed by atoms with van der Waals surface area (Å²) in [7, 11) is 0. The van der Waals surface area contributed by atoms with Gasteiger partial charge in [0.25, 0.3) is 0 Å². The van der Waals surface area contributed by atoms with Crippen LogP contribution in [-0.2, 0) is 6.42 Å². The Morgan fingerprint density at radius 1 is 1.14 bits per heavy atom. The van der Waals surface area contributed by atoms with Crippen LogP contribution in [0.25, 0.3) is 32.9 Å². The fourth-order valence-electron chi connectivity index (χ4n) is 8.20. The number of hydrogen-bond donors (Lipinski definition) is 2. The van der Waals surface area contributed by atoms with Crippen molar-refractivity contribution in [2.75, 3.05) is 36.9 Å². The van der Waals surface area contributed by atoms with E-state index in [-0.39, 0.29) is 52.4 Å². The molecule has 2 saturated heterocycles. The second-order valence-electron chi connectivity index (χ2n) is 13.7. The van der Waals surface area contributed by atoms with Crippen molar-refractivity contribution in [3.63, 3.8) is 0 Å². The highest BCUT2D eigenvalue weighted by molar-refractivity contribution is 6.03. The lowest BCUT2D eigenvalue weighted by Crippen LogP contribution is -2.43. The van der Waals surface area contributed by atoms with Gasteiger partial charge in [0.2, 0.25) is 5.88 Å². The summed E-state index contributed by atoms with van der Waals surface area (Å²) in [5.74, 6) is -0.633. The van der Waals surface area contributed by atoms with Gasteiger partial charge in [0, 0.05) is 30.3 Å². The highest BCUT2D eigenvalue weighted by atomic mass is 19.1. The molecule has 0 bridgehead atoms. The molecule has 13 heteroatoms. The maximum absolute atomic E-state index is 17.3. The van der Waals surface area contributed by atoms with Crippen molar-refractivity contribution in [1.82, 2.24) is 24.8 Å². The quantitative estimate of drug-likeness (QED) is 0.192. The van der Waals surface area contributed by atoms with Gasteiger partial charge >= 0.3 is 6.01 Å². The first-order valence-electron chi connectivity index (χ1n) is 17.1. The number of pyridine rings is 2. The van der Waals surface area contributed by atoms with Crippen molar-refractivity contribution in [2.24, 2.45) is 0 Å². The van der Waals surface area contributed by atoms with Crippen molar-refractivity contribution in [2.45, 2.75) is 70.3 Å². The maximum Gasteiger partial charge on any atom is 0.319 e. The molecule has 10 nitrogen and oxygen atoms in total. The average Bonchev–Trinajstić information content (AvgIpc) is 3.57. The Morgan fingerprint density at radius 3 is 2.78 bits per heavy atom. The molecule has 2 fully saturated rings. The number of nitrogens with zero attached hydrogens (tertiary/aromatic N) is 6. The number of aromatic hydroxyl groups is 1. The van der Waals surface area contributed by atoms with Gasteiger partial charge in [-0.05, 0) is 80.3 Å². The third-order valence-corrected chi connectivity index (χ3v) is 10.5. The summed E-state index contributed by atoms with van der Waals surface area (Å²) in [4.78, 5) is 22.6. The molecule has 6 heterocycles. The number of nitrogen functional groups attached to an aromatic ring is 1. The van der Waals surface area contributed by atoms with E-state index in [4.69, 9.17) is 25.2 Å². The summed E-state index contributed by atoms with van der Waals surface area (Å²) in [6, 6.07) is 8.98. The van der Waals surface area contributed by atoms with Crippen LogP contribution in [0, 0.1) is 11.6 Å². The zero-order chi connectivity index (χ0) is 34.9. The van der Waals surface area contributed by atoms with Crippen molar-refractivity contribution in [1.29, 1.82) is 0 Å². The summed E-state index contributed by atoms with van der Waals surface area (Å²) >= 11 is 0. The molecule has 0 amide bonds. The predicted molar refractivity (Wildman–Crippen MR) is 184 cm³/mol. The van der Waals surface area contributed by atoms with Gasteiger partial charge in [-0.25, -0.2) is 23.1 Å². The van der Waals surface area contributed by atoms with Crippen molar-refractivity contribution in [3.05, 3.63) is 65.4 Å². The zero-order valence-corrected chi connectivity index (χ0v) is 28.1. The highest BCUT2D eigenvalue weighted by Crippen LogP contribution is 2.46. The van der Waals surface area contributed by atoms with E-state index in [9.17, 15) is 9.50 Å². The van der Waals surface area contributed by atoms with E-state index in [2.05, 4.69) is 14.9 Å². The van der Waals surface area contributed by atoms with Gasteiger partial charge < -0.3 is 25.2 Å². The minimum Gasteiger partial charge on any atom is -0.508 e. The SMILES string of the molecule is CCc1c(F)ccc2cc(O)cc(-c3nc4c5c(nc(OC[C@@]67CCCN6C[C@H](F)C7)nc5c3F)N([C@@H](C)c3cccnc3N)C[C@H](C)O4)c12. The number of phenolic OH excluding ortho intramolecular Hbond substituents is 1. The minimum atomic E-state index is -0.954. The molecule has 3 aliphatic rings. The van der Waals surface area contributed by atoms with E-state index in [0.29, 0.717) is 53.9 Å². The largest absolute Gasteiger partial charge is 0.508 e. The number of phenols is 1. The molecule has 0 saturated carbocycles. The van der Waals surface area contributed by atoms with Gasteiger partial charge in [0.15, 0.2) is 5.82 Å². The Kier molecular flexibility index (Phi) is 7.85. The Balaban J connectivity index is 1.36. The van der Waals surface area contributed by atoms with Crippen LogP contribution in [0.2, 0.25) is 0 Å². The van der Waals surface area contributed by atoms with Crippen LogP contribution in [0.5, 0.6) is 17.6 Å². The van der Waals surface area contributed by atoms with E-state index >= 15 is 8.78 Å². The van der Waals surface area contributed by atoms with Crippen LogP contribution in [0.3, 0.4) is 0 Å². The summed E-state index contributed by atoms with van der Waals surface area (Å²) in [6.07, 6.45) is 2.57. The summed E-state index contributed by atoms with van der Waals surface area (Å²) in [5, 5.41) is 11.9. The molecule has 0 unspecified atom stereocenters. The average molecular weight is 686 g/mol. The Bertz CT molecular complexity index is 2150. The first-order valence-corrected chi connectivity index (χ1v) is 17.1. The van der Waals surface area contributed by atoms with Crippen molar-refractivity contribution in [3.8, 4) is 28.9 Å². The Hall–Kier alpha value is -4.91. The number of rotatable bonds is 7. The van der Waals surface area contributed by atoms with Crippen molar-refractivity contribution < 1.29 is 27.8 Å². The van der Waals surface area contributed by atoms with Gasteiger partial charge in [-0.15, -0.1) is 0 Å². The fourth-order valence-corrected chi connectivity index (χ4v) is 8.20. The Morgan fingerprint density at radius 2 is 1.98 bits per heavy atom. The first-order chi connectivity index (χ1) is 24.1. The van der Waals surface area contributed by atoms with Crippen LogP contribution in [0.4, 0.5) is 24.8 Å². The molecule has 260 valence electrons. The van der Waals surface area contributed by atoms with E-state index in [1.165, 1.54) is 18.2 Å². The molecule has 5 aromatic rings. The van der Waals surface area contributed by atoms with E-state index in [1.807, 2.05) is 31.7 Å². The number of ether oxygens (including phenoxy) is 2. The second kappa shape index (κ2) is 12.1. The van der Waals surface area contributed by atoms with Crippen LogP contribution in [0.1, 0.15) is 57.2 Å². The van der Waals surface area contributed by atoms with E-state index in [1.54, 1.807) is 18.3 Å². The number of fused-ring (bicyclic) bond motifs is 2. The first kappa shape index (κ1) is 32.3. The molecule has 2 aromatic carbocycles. The van der Waals surface area contributed by atoms with Crippen LogP contribution >= 0.6 is 0 Å². The number of aromatic nitrogens is 4. The standard InChI is InChI=1S/C37H38F3N7O3/c1-4-24-27(39)9-8-21-13-23(48)14-26(28(21)24)31-30(40)32-29-34(45-36(44-32)49-18-37-10-6-12-46(37)17-22(38)15-37)47(16-19(2)50-35(29)43-31)20(3)25-7-5-11-42-33(25)41/h5,7-9,11,13-14,19-20,22,48H,4,6,10,12,15-18H2,1-3H3,(H2,41,42)/t19-,20-,22+,37-/m0/s1. The van der Waals surface area contributed by atoms with Gasteiger partial charge in [0.1, 0.15) is 58.7 Å². The molecular formula is C37H38F3N7O3. The summed E-state index contributed by atoms with van der Waals surface area (Å²) in [5.41, 5.74) is 6.86. The van der Waals surface area contributed by atoms with Gasteiger partial charge in [-0.1, -0.05) is 19.1 Å². The molecule has 3 aliphatic heterocycles. The number of nitrogens with two attached hydrogens (primary N) is 1. The molecule has 3 N–H and O–H groups in total. The lowest BCUT2D eigenvalue weighted by molar-refractivity contribution is 0.107. The molecule has 8 rings (SSSR count). The maximum atomic E-state index is 17.3. The third-order valence-electron chi connectivity index (χ3n) is 10.5. The normalized spacial score (nSPS) is 22.5. The molecule has 0 aliphatic carbocycles. The van der Waals surface area contributed by atoms with E-state index in [0.717, 1.165) is 24.9 Å². The second-order valence-corrected chi connectivity index (χ2v) is 13.7. The van der Waals surface area contributed by atoms with Crippen LogP contribution in [0.15, 0.2) is 42.6 Å². The number of aryl methyl sites for hydroxylation is 1. The van der Waals surface area contributed by atoms with Crippen LogP contribution in [-0.4, -0.2) is 74.0 Å². The predicted octanol–water partition coefficient (Wildman–Crippen LogP) is 6.67. The lowest BCUT2D eigenvalue weighted by Gasteiger charge is -2.32. The molecule has 3 aromatic heterocycles. The monoisotopic (exact) mass is 685 g/mol. The number of hydrogen-bond acceptors (Lipinski definition) is 10. The summed E-state index contributed by atoms with van der Waals surface area (Å²) in [6.45, 7) is 7.22. The topological polar surface area (TPSA) is 123 Å².